The van der Waals surface area contributed by atoms with Gasteiger partial charge in [-0.05, 0) is 27.4 Å². The van der Waals surface area contributed by atoms with Gasteiger partial charge >= 0.3 is 0 Å². The highest BCUT2D eigenvalue weighted by atomic mass is 16.5. The molecule has 0 aliphatic carbocycles. The van der Waals surface area contributed by atoms with E-state index in [4.69, 9.17) is 4.74 Å². The lowest BCUT2D eigenvalue weighted by atomic mass is 10.0. The minimum absolute atomic E-state index is 0.433. The van der Waals surface area contributed by atoms with Gasteiger partial charge in [-0.2, -0.15) is 0 Å². The molecule has 0 radical (unpaired) electrons. The Morgan fingerprint density at radius 3 is 2.68 bits per heavy atom. The van der Waals surface area contributed by atoms with Crippen LogP contribution in [0.2, 0.25) is 0 Å². The first-order valence-corrected chi connectivity index (χ1v) is 6.85. The zero-order valence-electron chi connectivity index (χ0n) is 12.4. The number of aryl methyl sites for hydroxylation is 1. The van der Waals surface area contributed by atoms with Gasteiger partial charge in [-0.1, -0.05) is 0 Å². The topological polar surface area (TPSA) is 41.5 Å². The first kappa shape index (κ1) is 14.2. The Morgan fingerprint density at radius 1 is 1.26 bits per heavy atom. The Kier molecular flexibility index (Phi) is 4.71. The Hall–Kier alpha value is -1.20. The quantitative estimate of drug-likeness (QED) is 0.801. The van der Waals surface area contributed by atoms with E-state index in [1.807, 2.05) is 6.92 Å². The van der Waals surface area contributed by atoms with Crippen molar-refractivity contribution < 1.29 is 4.74 Å². The fraction of sp³-hybridized carbons (Fsp3) is 0.714. The molecule has 0 saturated carbocycles. The molecular formula is C14H24N4O. The van der Waals surface area contributed by atoms with Crippen LogP contribution in [0.4, 0.5) is 5.82 Å². The predicted molar refractivity (Wildman–Crippen MR) is 76.8 cm³/mol. The molecular weight excluding hydrogens is 240 g/mol. The maximum absolute atomic E-state index is 5.45. The highest BCUT2D eigenvalue weighted by Gasteiger charge is 2.20. The summed E-state index contributed by atoms with van der Waals surface area (Å²) in [7, 11) is 6.25. The Bertz CT molecular complexity index is 416. The summed E-state index contributed by atoms with van der Waals surface area (Å²) in [5, 5.41) is 0. The van der Waals surface area contributed by atoms with Crippen molar-refractivity contribution in [1.29, 1.82) is 0 Å². The summed E-state index contributed by atoms with van der Waals surface area (Å²) in [5.41, 5.74) is 1.12. The third-order valence-corrected chi connectivity index (χ3v) is 3.47. The minimum atomic E-state index is 0.433. The first-order valence-electron chi connectivity index (χ1n) is 6.85. The van der Waals surface area contributed by atoms with Gasteiger partial charge in [0.2, 0.25) is 0 Å². The molecule has 0 N–H and O–H groups in total. The number of anilines is 1. The van der Waals surface area contributed by atoms with E-state index in [0.29, 0.717) is 5.92 Å². The van der Waals surface area contributed by atoms with Crippen molar-refractivity contribution in [3.05, 3.63) is 17.6 Å². The number of nitrogens with zero attached hydrogens (tertiary/aromatic N) is 4. The molecule has 0 bridgehead atoms. The zero-order chi connectivity index (χ0) is 13.8. The monoisotopic (exact) mass is 264 g/mol. The van der Waals surface area contributed by atoms with Gasteiger partial charge in [0.1, 0.15) is 11.6 Å². The third-order valence-electron chi connectivity index (χ3n) is 3.47. The van der Waals surface area contributed by atoms with Crippen molar-refractivity contribution >= 4 is 5.82 Å². The van der Waals surface area contributed by atoms with Crippen LogP contribution in [0, 0.1) is 6.92 Å². The number of hydrogen-bond donors (Lipinski definition) is 0. The van der Waals surface area contributed by atoms with Crippen molar-refractivity contribution in [2.24, 2.45) is 0 Å². The van der Waals surface area contributed by atoms with Crippen LogP contribution in [0.1, 0.15) is 23.9 Å². The minimum Gasteiger partial charge on any atom is -0.381 e. The number of rotatable bonds is 5. The average molecular weight is 264 g/mol. The van der Waals surface area contributed by atoms with Crippen molar-refractivity contribution in [2.45, 2.75) is 19.3 Å². The Morgan fingerprint density at radius 2 is 2.05 bits per heavy atom. The highest BCUT2D eigenvalue weighted by Crippen LogP contribution is 2.25. The molecule has 0 aromatic carbocycles. The average Bonchev–Trinajstić information content (AvgIpc) is 2.89. The van der Waals surface area contributed by atoms with Gasteiger partial charge in [0.15, 0.2) is 0 Å². The molecule has 1 aromatic rings. The molecule has 1 aromatic heterocycles. The number of hydrogen-bond acceptors (Lipinski definition) is 5. The second-order valence-corrected chi connectivity index (χ2v) is 5.48. The lowest BCUT2D eigenvalue weighted by molar-refractivity contribution is 0.193. The smallest absolute Gasteiger partial charge is 0.132 e. The van der Waals surface area contributed by atoms with Crippen LogP contribution in [0.5, 0.6) is 0 Å². The van der Waals surface area contributed by atoms with Crippen LogP contribution in [0.3, 0.4) is 0 Å². The third kappa shape index (κ3) is 3.88. The summed E-state index contributed by atoms with van der Waals surface area (Å²) in [6, 6.07) is 2.11. The van der Waals surface area contributed by atoms with E-state index in [1.54, 1.807) is 0 Å². The fourth-order valence-electron chi connectivity index (χ4n) is 2.21. The van der Waals surface area contributed by atoms with E-state index in [9.17, 15) is 0 Å². The normalized spacial score (nSPS) is 19.1. The van der Waals surface area contributed by atoms with Gasteiger partial charge in [-0.15, -0.1) is 0 Å². The SMILES string of the molecule is Cc1nc(C2CCOC2)cc(N(C)CCN(C)C)n1. The zero-order valence-corrected chi connectivity index (χ0v) is 12.4. The molecule has 1 aliphatic heterocycles. The van der Waals surface area contributed by atoms with E-state index >= 15 is 0 Å². The van der Waals surface area contributed by atoms with Crippen molar-refractivity contribution in [3.63, 3.8) is 0 Å². The molecule has 2 heterocycles. The largest absolute Gasteiger partial charge is 0.381 e. The van der Waals surface area contributed by atoms with Crippen molar-refractivity contribution in [2.75, 3.05) is 52.3 Å². The molecule has 1 fully saturated rings. The maximum atomic E-state index is 5.45. The second kappa shape index (κ2) is 6.30. The van der Waals surface area contributed by atoms with Gasteiger partial charge in [0.25, 0.3) is 0 Å². The molecule has 19 heavy (non-hydrogen) atoms. The Labute approximate surface area is 115 Å². The molecule has 5 heteroatoms. The molecule has 0 amide bonds. The molecule has 106 valence electrons. The summed E-state index contributed by atoms with van der Waals surface area (Å²) in [6.45, 7) is 5.57. The molecule has 2 rings (SSSR count). The lowest BCUT2D eigenvalue weighted by Gasteiger charge is -2.22. The molecule has 1 aliphatic rings. The van der Waals surface area contributed by atoms with Gasteiger partial charge in [-0.25, -0.2) is 9.97 Å². The van der Waals surface area contributed by atoms with Crippen LogP contribution in [0.15, 0.2) is 6.07 Å². The van der Waals surface area contributed by atoms with E-state index in [1.165, 1.54) is 0 Å². The molecule has 1 atom stereocenters. The first-order chi connectivity index (χ1) is 9.06. The molecule has 5 nitrogen and oxygen atoms in total. The molecule has 1 saturated heterocycles. The lowest BCUT2D eigenvalue weighted by Crippen LogP contribution is -2.29. The maximum Gasteiger partial charge on any atom is 0.132 e. The predicted octanol–water partition coefficient (Wildman–Crippen LogP) is 1.29. The summed E-state index contributed by atoms with van der Waals surface area (Å²) in [5.74, 6) is 2.29. The van der Waals surface area contributed by atoms with E-state index in [2.05, 4.69) is 47.0 Å². The van der Waals surface area contributed by atoms with Crippen molar-refractivity contribution in [3.8, 4) is 0 Å². The van der Waals surface area contributed by atoms with Crippen LogP contribution in [-0.4, -0.2) is 62.3 Å². The molecule has 1 unspecified atom stereocenters. The van der Waals surface area contributed by atoms with Crippen LogP contribution in [-0.2, 0) is 4.74 Å². The van der Waals surface area contributed by atoms with Gasteiger partial charge in [-0.3, -0.25) is 0 Å². The van der Waals surface area contributed by atoms with Crippen molar-refractivity contribution in [1.82, 2.24) is 14.9 Å². The van der Waals surface area contributed by atoms with Crippen LogP contribution >= 0.6 is 0 Å². The van der Waals surface area contributed by atoms with E-state index in [-0.39, 0.29) is 0 Å². The standard InChI is InChI=1S/C14H24N4O/c1-11-15-13(12-5-8-19-10-12)9-14(16-11)18(4)7-6-17(2)3/h9,12H,5-8,10H2,1-4H3. The summed E-state index contributed by atoms with van der Waals surface area (Å²) >= 11 is 0. The Balaban J connectivity index is 2.11. The number of likely N-dealkylation sites (N-methyl/N-ethyl adjacent to an activating group) is 2. The van der Waals surface area contributed by atoms with Crippen LogP contribution in [0.25, 0.3) is 0 Å². The summed E-state index contributed by atoms with van der Waals surface area (Å²) < 4.78 is 5.45. The molecule has 0 spiro atoms. The van der Waals surface area contributed by atoms with Crippen LogP contribution < -0.4 is 4.90 Å². The number of ether oxygens (including phenoxy) is 1. The second-order valence-electron chi connectivity index (χ2n) is 5.48. The highest BCUT2D eigenvalue weighted by molar-refractivity contribution is 5.39. The van der Waals surface area contributed by atoms with E-state index < -0.39 is 0 Å². The number of aromatic nitrogens is 2. The van der Waals surface area contributed by atoms with Gasteiger partial charge in [0, 0.05) is 38.7 Å². The van der Waals surface area contributed by atoms with E-state index in [0.717, 1.165) is 50.1 Å². The summed E-state index contributed by atoms with van der Waals surface area (Å²) in [6.07, 6.45) is 1.07. The fourth-order valence-corrected chi connectivity index (χ4v) is 2.21. The summed E-state index contributed by atoms with van der Waals surface area (Å²) in [4.78, 5) is 13.5. The van der Waals surface area contributed by atoms with Gasteiger partial charge < -0.3 is 14.5 Å². The van der Waals surface area contributed by atoms with Gasteiger partial charge in [0.05, 0.1) is 12.3 Å².